The standard InChI is InChI=1S/C22H24O7/c1-6-7-22-10-16(25-4)18(23)20(26-5)21(22)29-12(2)17(22)13-8-14(24-3)19-15(9-13)27-11-28-19/h6,8-10,12,17H,1,7,11H2,2-5H3. The van der Waals surface area contributed by atoms with Crippen LogP contribution in [0.1, 0.15) is 24.8 Å². The number of rotatable bonds is 6. The highest BCUT2D eigenvalue weighted by Gasteiger charge is 2.57. The van der Waals surface area contributed by atoms with Crippen LogP contribution in [0.4, 0.5) is 0 Å². The monoisotopic (exact) mass is 400 g/mol. The molecule has 1 saturated heterocycles. The molecule has 0 spiro atoms. The number of methoxy groups -OCH3 is 3. The van der Waals surface area contributed by atoms with E-state index < -0.39 is 5.41 Å². The Bertz CT molecular complexity index is 929. The van der Waals surface area contributed by atoms with E-state index in [1.165, 1.54) is 14.2 Å². The molecule has 4 rings (SSSR count). The summed E-state index contributed by atoms with van der Waals surface area (Å²) < 4.78 is 33.7. The minimum Gasteiger partial charge on any atom is -0.493 e. The van der Waals surface area contributed by atoms with Gasteiger partial charge in [0.2, 0.25) is 18.3 Å². The molecule has 0 saturated carbocycles. The van der Waals surface area contributed by atoms with Crippen LogP contribution >= 0.6 is 0 Å². The zero-order valence-electron chi connectivity index (χ0n) is 16.9. The third-order valence-corrected chi connectivity index (χ3v) is 5.72. The summed E-state index contributed by atoms with van der Waals surface area (Å²) in [5, 5.41) is 0. The molecular formula is C22H24O7. The van der Waals surface area contributed by atoms with E-state index in [0.717, 1.165) is 5.56 Å². The van der Waals surface area contributed by atoms with Gasteiger partial charge in [0.25, 0.3) is 5.78 Å². The van der Waals surface area contributed by atoms with Gasteiger partial charge in [-0.05, 0) is 37.1 Å². The van der Waals surface area contributed by atoms with Crippen LogP contribution in [0, 0.1) is 5.41 Å². The second kappa shape index (κ2) is 7.06. The number of carbonyl (C=O) groups is 1. The van der Waals surface area contributed by atoms with E-state index in [4.69, 9.17) is 28.4 Å². The number of hydrogen-bond acceptors (Lipinski definition) is 7. The Balaban J connectivity index is 1.94. The first-order valence-corrected chi connectivity index (χ1v) is 9.36. The minimum absolute atomic E-state index is 0.144. The summed E-state index contributed by atoms with van der Waals surface area (Å²) in [5.74, 6) is 2.18. The molecule has 0 radical (unpaired) electrons. The molecule has 1 fully saturated rings. The van der Waals surface area contributed by atoms with Gasteiger partial charge in [-0.2, -0.15) is 0 Å². The predicted octanol–water partition coefficient (Wildman–Crippen LogP) is 3.46. The number of hydrogen-bond donors (Lipinski definition) is 0. The molecular weight excluding hydrogens is 376 g/mol. The number of Topliss-reactive ketones (excluding diaryl/α,β-unsaturated/α-hetero) is 1. The van der Waals surface area contributed by atoms with Crippen molar-refractivity contribution in [3.8, 4) is 17.2 Å². The first-order valence-electron chi connectivity index (χ1n) is 9.36. The lowest BCUT2D eigenvalue weighted by molar-refractivity contribution is -0.119. The first kappa shape index (κ1) is 19.2. The molecule has 7 nitrogen and oxygen atoms in total. The number of ether oxygens (including phenoxy) is 6. The molecule has 3 atom stereocenters. The summed E-state index contributed by atoms with van der Waals surface area (Å²) in [6.45, 7) is 6.04. The summed E-state index contributed by atoms with van der Waals surface area (Å²) in [6, 6.07) is 3.86. The lowest BCUT2D eigenvalue weighted by Crippen LogP contribution is -2.33. The highest BCUT2D eigenvalue weighted by atomic mass is 16.7. The number of benzene rings is 1. The van der Waals surface area contributed by atoms with Gasteiger partial charge in [-0.3, -0.25) is 4.79 Å². The Kier molecular flexibility index (Phi) is 4.68. The summed E-state index contributed by atoms with van der Waals surface area (Å²) >= 11 is 0. The van der Waals surface area contributed by atoms with Crippen molar-refractivity contribution in [2.75, 3.05) is 28.1 Å². The van der Waals surface area contributed by atoms with Crippen LogP contribution in [0.25, 0.3) is 0 Å². The third-order valence-electron chi connectivity index (χ3n) is 5.72. The molecule has 0 bridgehead atoms. The molecule has 2 aliphatic heterocycles. The summed E-state index contributed by atoms with van der Waals surface area (Å²) in [4.78, 5) is 12.7. The maximum atomic E-state index is 12.7. The predicted molar refractivity (Wildman–Crippen MR) is 104 cm³/mol. The van der Waals surface area contributed by atoms with Crippen molar-refractivity contribution < 1.29 is 33.2 Å². The van der Waals surface area contributed by atoms with E-state index in [-0.39, 0.29) is 36.1 Å². The Hall–Kier alpha value is -3.09. The van der Waals surface area contributed by atoms with Crippen LogP contribution in [0.2, 0.25) is 0 Å². The van der Waals surface area contributed by atoms with Gasteiger partial charge < -0.3 is 28.4 Å². The second-order valence-corrected chi connectivity index (χ2v) is 7.19. The van der Waals surface area contributed by atoms with Crippen LogP contribution in [0.3, 0.4) is 0 Å². The number of ketones is 1. The van der Waals surface area contributed by atoms with Crippen molar-refractivity contribution in [1.82, 2.24) is 0 Å². The molecule has 1 aromatic rings. The average molecular weight is 400 g/mol. The largest absolute Gasteiger partial charge is 0.493 e. The van der Waals surface area contributed by atoms with Crippen LogP contribution in [-0.2, 0) is 19.0 Å². The summed E-state index contributed by atoms with van der Waals surface area (Å²) in [5.41, 5.74) is 0.247. The quantitative estimate of drug-likeness (QED) is 0.677. The smallest absolute Gasteiger partial charge is 0.265 e. The molecule has 1 aliphatic carbocycles. The van der Waals surface area contributed by atoms with Gasteiger partial charge in [0.15, 0.2) is 23.0 Å². The Morgan fingerprint density at radius 2 is 2.00 bits per heavy atom. The molecule has 29 heavy (non-hydrogen) atoms. The van der Waals surface area contributed by atoms with Crippen molar-refractivity contribution in [3.63, 3.8) is 0 Å². The SMILES string of the molecule is C=CCC12C=C(OC)C(=O)C(OC)=C1OC(C)C2c1cc(OC)c2c(c1)OCO2. The molecule has 0 aromatic heterocycles. The van der Waals surface area contributed by atoms with Crippen molar-refractivity contribution in [2.45, 2.75) is 25.4 Å². The van der Waals surface area contributed by atoms with Crippen LogP contribution < -0.4 is 14.2 Å². The van der Waals surface area contributed by atoms with E-state index in [2.05, 4.69) is 6.58 Å². The normalized spacial score (nSPS) is 27.2. The lowest BCUT2D eigenvalue weighted by Gasteiger charge is -2.34. The summed E-state index contributed by atoms with van der Waals surface area (Å²) in [7, 11) is 4.52. The number of fused-ring (bicyclic) bond motifs is 2. The third kappa shape index (κ3) is 2.68. The zero-order valence-corrected chi connectivity index (χ0v) is 16.9. The second-order valence-electron chi connectivity index (χ2n) is 7.19. The maximum absolute atomic E-state index is 12.7. The topological polar surface area (TPSA) is 72.5 Å². The average Bonchev–Trinajstić information content (AvgIpc) is 3.29. The molecule has 1 aromatic carbocycles. The van der Waals surface area contributed by atoms with E-state index in [1.54, 1.807) is 7.11 Å². The molecule has 154 valence electrons. The van der Waals surface area contributed by atoms with Gasteiger partial charge in [0.05, 0.1) is 26.7 Å². The molecule has 2 heterocycles. The van der Waals surface area contributed by atoms with Gasteiger partial charge in [0.1, 0.15) is 6.10 Å². The van der Waals surface area contributed by atoms with Crippen LogP contribution in [0.15, 0.2) is 48.1 Å². The molecule has 7 heteroatoms. The highest BCUT2D eigenvalue weighted by molar-refractivity contribution is 6.07. The maximum Gasteiger partial charge on any atom is 0.265 e. The van der Waals surface area contributed by atoms with Crippen LogP contribution in [-0.4, -0.2) is 40.0 Å². The van der Waals surface area contributed by atoms with E-state index in [1.807, 2.05) is 31.2 Å². The fourth-order valence-electron chi connectivity index (χ4n) is 4.61. The Morgan fingerprint density at radius 1 is 1.21 bits per heavy atom. The van der Waals surface area contributed by atoms with Gasteiger partial charge in [-0.15, -0.1) is 6.58 Å². The van der Waals surface area contributed by atoms with E-state index in [9.17, 15) is 4.79 Å². The lowest BCUT2D eigenvalue weighted by atomic mass is 9.66. The highest BCUT2D eigenvalue weighted by Crippen LogP contribution is 2.60. The molecule has 0 N–H and O–H groups in total. The van der Waals surface area contributed by atoms with Crippen LogP contribution in [0.5, 0.6) is 17.2 Å². The molecule has 3 aliphatic rings. The Morgan fingerprint density at radius 3 is 2.66 bits per heavy atom. The fourth-order valence-corrected chi connectivity index (χ4v) is 4.61. The van der Waals surface area contributed by atoms with E-state index >= 15 is 0 Å². The van der Waals surface area contributed by atoms with Crippen molar-refractivity contribution in [2.24, 2.45) is 5.41 Å². The number of allylic oxidation sites excluding steroid dienone is 2. The Labute approximate surface area is 169 Å². The minimum atomic E-state index is -0.690. The number of carbonyl (C=O) groups excluding carboxylic acids is 1. The fraction of sp³-hybridized carbons (Fsp3) is 0.409. The molecule has 3 unspecified atom stereocenters. The molecule has 0 amide bonds. The van der Waals surface area contributed by atoms with Crippen molar-refractivity contribution >= 4 is 5.78 Å². The van der Waals surface area contributed by atoms with Gasteiger partial charge in [-0.1, -0.05) is 6.08 Å². The zero-order chi connectivity index (χ0) is 20.8. The summed E-state index contributed by atoms with van der Waals surface area (Å²) in [6.07, 6.45) is 3.92. The van der Waals surface area contributed by atoms with Gasteiger partial charge in [-0.25, -0.2) is 0 Å². The van der Waals surface area contributed by atoms with Crippen molar-refractivity contribution in [3.05, 3.63) is 53.7 Å². The first-order chi connectivity index (χ1) is 14.0. The van der Waals surface area contributed by atoms with Gasteiger partial charge >= 0.3 is 0 Å². The van der Waals surface area contributed by atoms with Gasteiger partial charge in [0, 0.05) is 5.92 Å². The van der Waals surface area contributed by atoms with Crippen molar-refractivity contribution in [1.29, 1.82) is 0 Å². The van der Waals surface area contributed by atoms with E-state index in [0.29, 0.717) is 29.4 Å².